The van der Waals surface area contributed by atoms with Gasteiger partial charge in [0.25, 0.3) is 5.78 Å². The van der Waals surface area contributed by atoms with Gasteiger partial charge in [-0.15, -0.1) is 5.10 Å². The molecule has 0 radical (unpaired) electrons. The van der Waals surface area contributed by atoms with Gasteiger partial charge < -0.3 is 20.0 Å². The second kappa shape index (κ2) is 7.44. The summed E-state index contributed by atoms with van der Waals surface area (Å²) in [7, 11) is 0. The Bertz CT molecular complexity index is 1130. The van der Waals surface area contributed by atoms with Crippen molar-refractivity contribution in [2.45, 2.75) is 50.7 Å². The number of nitrogens with two attached hydrogens (primary N) is 1. The fraction of sp³-hybridized carbons (Fsp3) is 0.571. The zero-order chi connectivity index (χ0) is 21.8. The maximum Gasteiger partial charge on any atom is 0.259 e. The van der Waals surface area contributed by atoms with E-state index in [2.05, 4.69) is 36.8 Å². The van der Waals surface area contributed by atoms with Crippen LogP contribution in [0.1, 0.15) is 32.6 Å². The zero-order valence-corrected chi connectivity index (χ0v) is 18.1. The Morgan fingerprint density at radius 2 is 2.00 bits per heavy atom. The van der Waals surface area contributed by atoms with Crippen LogP contribution in [0.5, 0.6) is 0 Å². The highest BCUT2D eigenvalue weighted by molar-refractivity contribution is 5.85. The molecule has 168 valence electrons. The Morgan fingerprint density at radius 3 is 2.72 bits per heavy atom. The van der Waals surface area contributed by atoms with Crippen LogP contribution in [-0.2, 0) is 4.79 Å². The summed E-state index contributed by atoms with van der Waals surface area (Å²) in [5, 5.41) is 4.35. The Kier molecular flexibility index (Phi) is 4.53. The number of likely N-dealkylation sites (N-methyl/N-ethyl adjacent to an activating group) is 1. The zero-order valence-electron chi connectivity index (χ0n) is 18.1. The summed E-state index contributed by atoms with van der Waals surface area (Å²) in [6.45, 7) is 5.60. The molecule has 0 aromatic carbocycles. The van der Waals surface area contributed by atoms with E-state index in [-0.39, 0.29) is 17.9 Å². The van der Waals surface area contributed by atoms with Crippen molar-refractivity contribution in [1.29, 1.82) is 0 Å². The van der Waals surface area contributed by atoms with E-state index in [0.29, 0.717) is 41.9 Å². The third kappa shape index (κ3) is 3.02. The molecule has 3 fully saturated rings. The first-order valence-corrected chi connectivity index (χ1v) is 11.4. The van der Waals surface area contributed by atoms with Crippen LogP contribution in [0.3, 0.4) is 0 Å². The lowest BCUT2D eigenvalue weighted by atomic mass is 10.1. The van der Waals surface area contributed by atoms with E-state index in [1.807, 2.05) is 4.90 Å². The van der Waals surface area contributed by atoms with E-state index in [4.69, 9.17) is 10.2 Å². The van der Waals surface area contributed by atoms with Crippen molar-refractivity contribution < 1.29 is 9.21 Å². The van der Waals surface area contributed by atoms with E-state index in [1.165, 1.54) is 17.4 Å². The summed E-state index contributed by atoms with van der Waals surface area (Å²) in [5.41, 5.74) is 6.18. The van der Waals surface area contributed by atoms with Gasteiger partial charge in [0.05, 0.1) is 6.26 Å². The Hall–Kier alpha value is -3.21. The molecule has 2 unspecified atom stereocenters. The number of amides is 1. The van der Waals surface area contributed by atoms with Crippen LogP contribution in [0.4, 0.5) is 11.9 Å². The van der Waals surface area contributed by atoms with E-state index in [1.54, 1.807) is 18.4 Å². The second-order valence-electron chi connectivity index (χ2n) is 8.82. The molecular weight excluding hydrogens is 410 g/mol. The van der Waals surface area contributed by atoms with Crippen LogP contribution in [0.25, 0.3) is 17.4 Å². The highest BCUT2D eigenvalue weighted by Gasteiger charge is 2.43. The average Bonchev–Trinajstić information content (AvgIpc) is 3.58. The van der Waals surface area contributed by atoms with E-state index < -0.39 is 0 Å². The van der Waals surface area contributed by atoms with Crippen molar-refractivity contribution in [3.8, 4) is 11.6 Å². The number of aromatic nitrogens is 5. The van der Waals surface area contributed by atoms with Crippen molar-refractivity contribution in [1.82, 2.24) is 34.4 Å². The monoisotopic (exact) mass is 437 g/mol. The minimum absolute atomic E-state index is 0.176. The number of carbonyl (C=O) groups excluding carboxylic acids is 1. The number of carbonyl (C=O) groups is 1. The molecule has 32 heavy (non-hydrogen) atoms. The molecule has 11 heteroatoms. The van der Waals surface area contributed by atoms with Gasteiger partial charge in [0.15, 0.2) is 5.76 Å². The van der Waals surface area contributed by atoms with Crippen LogP contribution in [0.15, 0.2) is 22.8 Å². The number of fused-ring (bicyclic) bond motifs is 3. The van der Waals surface area contributed by atoms with E-state index in [9.17, 15) is 4.79 Å². The van der Waals surface area contributed by atoms with Gasteiger partial charge in [0.1, 0.15) is 6.04 Å². The smallest absolute Gasteiger partial charge is 0.259 e. The quantitative estimate of drug-likeness (QED) is 0.637. The SMILES string of the molecule is CCN1C2CCC1CN(C(=O)[C@@H]1CCCN1c1nc(N)n3nc(-c4ccco4)nc3n1)C2. The third-order valence-corrected chi connectivity index (χ3v) is 7.07. The summed E-state index contributed by atoms with van der Waals surface area (Å²) >= 11 is 0. The first kappa shape index (κ1) is 19.5. The number of furan rings is 1. The number of likely N-dealkylation sites (tertiary alicyclic amines) is 1. The number of nitrogens with zero attached hydrogens (tertiary/aromatic N) is 8. The fourth-order valence-electron chi connectivity index (χ4n) is 5.59. The lowest BCUT2D eigenvalue weighted by molar-refractivity contribution is -0.135. The van der Waals surface area contributed by atoms with Crippen molar-refractivity contribution in [3.05, 3.63) is 18.4 Å². The first-order chi connectivity index (χ1) is 15.6. The lowest BCUT2D eigenvalue weighted by Crippen LogP contribution is -2.58. The average molecular weight is 438 g/mol. The van der Waals surface area contributed by atoms with Crippen LogP contribution >= 0.6 is 0 Å². The molecule has 6 heterocycles. The van der Waals surface area contributed by atoms with Gasteiger partial charge >= 0.3 is 0 Å². The topological polar surface area (TPSA) is 122 Å². The van der Waals surface area contributed by atoms with Crippen LogP contribution in [0, 0.1) is 0 Å². The molecule has 2 bridgehead atoms. The minimum atomic E-state index is -0.267. The highest BCUT2D eigenvalue weighted by atomic mass is 16.3. The molecule has 0 aliphatic carbocycles. The summed E-state index contributed by atoms with van der Waals surface area (Å²) in [6, 6.07) is 4.25. The predicted octanol–water partition coefficient (Wildman–Crippen LogP) is 1.03. The number of anilines is 2. The normalized spacial score (nSPS) is 25.8. The van der Waals surface area contributed by atoms with Crippen LogP contribution in [0.2, 0.25) is 0 Å². The Morgan fingerprint density at radius 1 is 1.19 bits per heavy atom. The van der Waals surface area contributed by atoms with Gasteiger partial charge in [0, 0.05) is 31.7 Å². The maximum atomic E-state index is 13.5. The second-order valence-corrected chi connectivity index (χ2v) is 8.82. The predicted molar refractivity (Wildman–Crippen MR) is 117 cm³/mol. The largest absolute Gasteiger partial charge is 0.461 e. The molecule has 6 rings (SSSR count). The maximum absolute atomic E-state index is 13.5. The Balaban J connectivity index is 1.27. The third-order valence-electron chi connectivity index (χ3n) is 7.07. The van der Waals surface area contributed by atoms with Crippen molar-refractivity contribution >= 4 is 23.6 Å². The standard InChI is InChI=1S/C21H27N9O2/c1-2-28-13-7-8-14(28)12-27(11-13)18(31)15-5-3-9-29(15)20-24-19(22)30-21(25-20)23-17(26-30)16-6-4-10-32-16/h4,6,10,13-15H,2-3,5,7-9,11-12H2,1H3,(H2,22,23,24,25,26)/t13?,14?,15-/m0/s1. The molecule has 11 nitrogen and oxygen atoms in total. The summed E-state index contributed by atoms with van der Waals surface area (Å²) < 4.78 is 6.78. The molecule has 3 aromatic rings. The molecule has 3 atom stereocenters. The van der Waals surface area contributed by atoms with Crippen molar-refractivity contribution in [2.24, 2.45) is 0 Å². The molecule has 2 N–H and O–H groups in total. The van der Waals surface area contributed by atoms with Gasteiger partial charge in [0.2, 0.25) is 23.6 Å². The molecule has 0 spiro atoms. The van der Waals surface area contributed by atoms with Crippen molar-refractivity contribution in [3.63, 3.8) is 0 Å². The van der Waals surface area contributed by atoms with Gasteiger partial charge in [-0.1, -0.05) is 6.92 Å². The minimum Gasteiger partial charge on any atom is -0.461 e. The van der Waals surface area contributed by atoms with Gasteiger partial charge in [-0.2, -0.15) is 19.5 Å². The number of hydrogen-bond acceptors (Lipinski definition) is 9. The molecule has 3 aliphatic heterocycles. The summed E-state index contributed by atoms with van der Waals surface area (Å²) in [6.07, 6.45) is 5.63. The lowest BCUT2D eigenvalue weighted by Gasteiger charge is -2.42. The molecule has 1 amide bonds. The Labute approximate surface area is 185 Å². The van der Waals surface area contributed by atoms with Gasteiger partial charge in [-0.3, -0.25) is 9.69 Å². The van der Waals surface area contributed by atoms with E-state index >= 15 is 0 Å². The first-order valence-electron chi connectivity index (χ1n) is 11.4. The van der Waals surface area contributed by atoms with E-state index in [0.717, 1.165) is 32.5 Å². The summed E-state index contributed by atoms with van der Waals surface area (Å²) in [4.78, 5) is 33.6. The number of hydrogen-bond donors (Lipinski definition) is 1. The summed E-state index contributed by atoms with van der Waals surface area (Å²) in [5.74, 6) is 2.06. The van der Waals surface area contributed by atoms with Crippen LogP contribution in [-0.4, -0.2) is 84.6 Å². The number of nitrogen functional groups attached to an aromatic ring is 1. The molecule has 3 aliphatic rings. The molecule has 3 aromatic heterocycles. The van der Waals surface area contributed by atoms with Crippen molar-refractivity contribution in [2.75, 3.05) is 36.8 Å². The number of rotatable bonds is 4. The van der Waals surface area contributed by atoms with Gasteiger partial charge in [-0.05, 0) is 44.4 Å². The molecule has 0 saturated carbocycles. The number of piperazine rings is 1. The van der Waals surface area contributed by atoms with Gasteiger partial charge in [-0.25, -0.2) is 0 Å². The molecule has 3 saturated heterocycles. The highest BCUT2D eigenvalue weighted by Crippen LogP contribution is 2.32. The fourth-order valence-corrected chi connectivity index (χ4v) is 5.59. The molecular formula is C21H27N9O2. The van der Waals surface area contributed by atoms with Crippen LogP contribution < -0.4 is 10.6 Å².